The number of hydrogen-bond donors (Lipinski definition) is 2. The zero-order valence-corrected chi connectivity index (χ0v) is 13.4. The first-order chi connectivity index (χ1) is 10.9. The van der Waals surface area contributed by atoms with Crippen LogP contribution in [0.4, 0.5) is 5.82 Å². The van der Waals surface area contributed by atoms with E-state index in [0.717, 1.165) is 69.5 Å². The fourth-order valence-corrected chi connectivity index (χ4v) is 3.42. The van der Waals surface area contributed by atoms with Gasteiger partial charge in [-0.2, -0.15) is 0 Å². The van der Waals surface area contributed by atoms with E-state index in [0.29, 0.717) is 5.92 Å². The molecule has 2 N–H and O–H groups in total. The fourth-order valence-electron chi connectivity index (χ4n) is 3.42. The van der Waals surface area contributed by atoms with Gasteiger partial charge in [-0.05, 0) is 63.5 Å². The first-order valence-corrected chi connectivity index (χ1v) is 8.74. The van der Waals surface area contributed by atoms with Crippen molar-refractivity contribution in [2.24, 2.45) is 11.8 Å². The summed E-state index contributed by atoms with van der Waals surface area (Å²) < 4.78 is 5.43. The van der Waals surface area contributed by atoms with Crippen molar-refractivity contribution in [3.05, 3.63) is 18.1 Å². The topological polar surface area (TPSA) is 59.1 Å². The highest BCUT2D eigenvalue weighted by Crippen LogP contribution is 2.22. The molecule has 2 aliphatic rings. The Bertz CT molecular complexity index is 440. The van der Waals surface area contributed by atoms with Crippen molar-refractivity contribution in [2.75, 3.05) is 38.2 Å². The molecule has 0 aliphatic carbocycles. The normalized spacial score (nSPS) is 23.9. The van der Waals surface area contributed by atoms with Crippen LogP contribution < -0.4 is 10.6 Å². The van der Waals surface area contributed by atoms with Gasteiger partial charge in [-0.25, -0.2) is 4.98 Å². The zero-order chi connectivity index (χ0) is 15.0. The van der Waals surface area contributed by atoms with E-state index in [-0.39, 0.29) is 0 Å². The van der Waals surface area contributed by atoms with Crippen molar-refractivity contribution in [1.82, 2.24) is 15.3 Å². The first-order valence-electron chi connectivity index (χ1n) is 8.74. The zero-order valence-electron chi connectivity index (χ0n) is 13.4. The molecule has 5 heteroatoms. The van der Waals surface area contributed by atoms with Crippen LogP contribution in [0, 0.1) is 11.8 Å². The third-order valence-corrected chi connectivity index (χ3v) is 4.85. The number of nitrogens with one attached hydrogen (secondary N) is 2. The van der Waals surface area contributed by atoms with Crippen LogP contribution in [0.15, 0.2) is 12.4 Å². The lowest BCUT2D eigenvalue weighted by Gasteiger charge is -2.23. The Morgan fingerprint density at radius 2 is 1.91 bits per heavy atom. The number of aromatic nitrogens is 2. The summed E-state index contributed by atoms with van der Waals surface area (Å²) >= 11 is 0. The Hall–Kier alpha value is -1.20. The minimum absolute atomic E-state index is 0.700. The second-order valence-corrected chi connectivity index (χ2v) is 6.54. The standard InChI is InChI=1S/C17H28N4O/c1-2-14(3-7-18-6-1)12-16-17(20-9-8-19-16)21-13-15-4-10-22-11-5-15/h8-9,14-15,18H,1-7,10-13H2,(H,20,21)/t14-/m0/s1. The van der Waals surface area contributed by atoms with Crippen molar-refractivity contribution in [1.29, 1.82) is 0 Å². The van der Waals surface area contributed by atoms with Crippen molar-refractivity contribution in [2.45, 2.75) is 38.5 Å². The second-order valence-electron chi connectivity index (χ2n) is 6.54. The Balaban J connectivity index is 1.56. The summed E-state index contributed by atoms with van der Waals surface area (Å²) in [4.78, 5) is 9.13. The number of anilines is 1. The molecular weight excluding hydrogens is 276 g/mol. The van der Waals surface area contributed by atoms with Gasteiger partial charge in [-0.1, -0.05) is 0 Å². The number of hydrogen-bond acceptors (Lipinski definition) is 5. The largest absolute Gasteiger partial charge is 0.381 e. The molecular formula is C17H28N4O. The molecule has 3 heterocycles. The van der Waals surface area contributed by atoms with Gasteiger partial charge in [0.15, 0.2) is 0 Å². The van der Waals surface area contributed by atoms with Crippen LogP contribution in [-0.2, 0) is 11.2 Å². The minimum atomic E-state index is 0.700. The Morgan fingerprint density at radius 3 is 2.82 bits per heavy atom. The molecule has 0 amide bonds. The van der Waals surface area contributed by atoms with E-state index < -0.39 is 0 Å². The van der Waals surface area contributed by atoms with Crippen molar-refractivity contribution < 1.29 is 4.74 Å². The molecule has 0 bridgehead atoms. The molecule has 1 aromatic rings. The summed E-state index contributed by atoms with van der Waals surface area (Å²) in [5, 5.41) is 7.03. The highest BCUT2D eigenvalue weighted by atomic mass is 16.5. The number of nitrogens with zero attached hydrogens (tertiary/aromatic N) is 2. The highest BCUT2D eigenvalue weighted by molar-refractivity contribution is 5.39. The van der Waals surface area contributed by atoms with E-state index >= 15 is 0 Å². The Kier molecular flexibility index (Phi) is 6.02. The van der Waals surface area contributed by atoms with E-state index in [1.807, 2.05) is 6.20 Å². The summed E-state index contributed by atoms with van der Waals surface area (Å²) in [6, 6.07) is 0. The lowest BCUT2D eigenvalue weighted by atomic mass is 9.95. The number of rotatable bonds is 5. The summed E-state index contributed by atoms with van der Waals surface area (Å²) in [6.45, 7) is 5.08. The first kappa shape index (κ1) is 15.7. The maximum atomic E-state index is 5.43. The molecule has 2 saturated heterocycles. The van der Waals surface area contributed by atoms with E-state index in [1.54, 1.807) is 6.20 Å². The third-order valence-electron chi connectivity index (χ3n) is 4.85. The van der Waals surface area contributed by atoms with Gasteiger partial charge < -0.3 is 15.4 Å². The van der Waals surface area contributed by atoms with Crippen LogP contribution in [0.25, 0.3) is 0 Å². The molecule has 22 heavy (non-hydrogen) atoms. The van der Waals surface area contributed by atoms with Gasteiger partial charge in [0.05, 0.1) is 5.69 Å². The molecule has 0 unspecified atom stereocenters. The molecule has 0 radical (unpaired) electrons. The molecule has 1 atom stereocenters. The van der Waals surface area contributed by atoms with Crippen LogP contribution in [0.5, 0.6) is 0 Å². The maximum Gasteiger partial charge on any atom is 0.147 e. The van der Waals surface area contributed by atoms with Gasteiger partial charge in [0.1, 0.15) is 5.82 Å². The van der Waals surface area contributed by atoms with E-state index in [1.165, 1.54) is 19.3 Å². The monoisotopic (exact) mass is 304 g/mol. The summed E-state index contributed by atoms with van der Waals surface area (Å²) in [5.41, 5.74) is 1.14. The third kappa shape index (κ3) is 4.65. The van der Waals surface area contributed by atoms with Gasteiger partial charge in [0.2, 0.25) is 0 Å². The molecule has 2 aliphatic heterocycles. The van der Waals surface area contributed by atoms with Gasteiger partial charge in [0, 0.05) is 32.2 Å². The van der Waals surface area contributed by atoms with Crippen LogP contribution >= 0.6 is 0 Å². The van der Waals surface area contributed by atoms with Crippen molar-refractivity contribution in [3.63, 3.8) is 0 Å². The molecule has 3 rings (SSSR count). The molecule has 0 saturated carbocycles. The summed E-state index contributed by atoms with van der Waals surface area (Å²) in [7, 11) is 0. The molecule has 0 aromatic carbocycles. The maximum absolute atomic E-state index is 5.43. The van der Waals surface area contributed by atoms with Crippen molar-refractivity contribution >= 4 is 5.82 Å². The molecule has 2 fully saturated rings. The number of ether oxygens (including phenoxy) is 1. The molecule has 0 spiro atoms. The van der Waals surface area contributed by atoms with Gasteiger partial charge in [0.25, 0.3) is 0 Å². The van der Waals surface area contributed by atoms with E-state index in [9.17, 15) is 0 Å². The summed E-state index contributed by atoms with van der Waals surface area (Å²) in [5.74, 6) is 2.42. The van der Waals surface area contributed by atoms with E-state index in [2.05, 4.69) is 20.6 Å². The van der Waals surface area contributed by atoms with Crippen LogP contribution in [-0.4, -0.2) is 42.8 Å². The van der Waals surface area contributed by atoms with Crippen LogP contribution in [0.3, 0.4) is 0 Å². The molecule has 5 nitrogen and oxygen atoms in total. The smallest absolute Gasteiger partial charge is 0.147 e. The lowest BCUT2D eigenvalue weighted by Crippen LogP contribution is -2.23. The quantitative estimate of drug-likeness (QED) is 0.874. The predicted molar refractivity (Wildman–Crippen MR) is 88.0 cm³/mol. The SMILES string of the molecule is c1cnc(NCC2CCOCC2)c(C[C@H]2CCCNCC2)n1. The second kappa shape index (κ2) is 8.44. The Labute approximate surface area is 133 Å². The average Bonchev–Trinajstić information content (AvgIpc) is 2.84. The lowest BCUT2D eigenvalue weighted by molar-refractivity contribution is 0.0699. The van der Waals surface area contributed by atoms with Crippen LogP contribution in [0.1, 0.15) is 37.8 Å². The van der Waals surface area contributed by atoms with Crippen LogP contribution in [0.2, 0.25) is 0 Å². The predicted octanol–water partition coefficient (Wildman–Crippen LogP) is 2.25. The van der Waals surface area contributed by atoms with Gasteiger partial charge >= 0.3 is 0 Å². The highest BCUT2D eigenvalue weighted by Gasteiger charge is 2.17. The minimum Gasteiger partial charge on any atom is -0.381 e. The van der Waals surface area contributed by atoms with Crippen molar-refractivity contribution in [3.8, 4) is 0 Å². The fraction of sp³-hybridized carbons (Fsp3) is 0.765. The molecule has 122 valence electrons. The average molecular weight is 304 g/mol. The van der Waals surface area contributed by atoms with Gasteiger partial charge in [-0.15, -0.1) is 0 Å². The van der Waals surface area contributed by atoms with Gasteiger partial charge in [-0.3, -0.25) is 4.98 Å². The van der Waals surface area contributed by atoms with E-state index in [4.69, 9.17) is 4.74 Å². The summed E-state index contributed by atoms with van der Waals surface area (Å²) in [6.07, 6.45) is 10.8. The Morgan fingerprint density at radius 1 is 1.05 bits per heavy atom. The molecule has 1 aromatic heterocycles.